The number of fused-ring (bicyclic) bond motifs is 1. The van der Waals surface area contributed by atoms with Gasteiger partial charge in [-0.2, -0.15) is 13.2 Å². The second-order valence-electron chi connectivity index (χ2n) is 6.13. The van der Waals surface area contributed by atoms with Gasteiger partial charge in [0.15, 0.2) is 0 Å². The van der Waals surface area contributed by atoms with Crippen LogP contribution in [0.5, 0.6) is 0 Å². The van der Waals surface area contributed by atoms with E-state index in [1.54, 1.807) is 6.92 Å². The third-order valence-corrected chi connectivity index (χ3v) is 4.49. The van der Waals surface area contributed by atoms with Gasteiger partial charge in [0.2, 0.25) is 5.91 Å². The third kappa shape index (κ3) is 3.26. The Morgan fingerprint density at radius 1 is 1.15 bits per heavy atom. The van der Waals surface area contributed by atoms with E-state index >= 15 is 0 Å². The summed E-state index contributed by atoms with van der Waals surface area (Å²) < 4.78 is 38.9. The zero-order valence-electron chi connectivity index (χ0n) is 13.8. The Morgan fingerprint density at radius 2 is 1.88 bits per heavy atom. The van der Waals surface area contributed by atoms with Crippen LogP contribution in [0.25, 0.3) is 0 Å². The fraction of sp³-hybridized carbons (Fsp3) is 0.278. The van der Waals surface area contributed by atoms with Gasteiger partial charge in [-0.15, -0.1) is 0 Å². The van der Waals surface area contributed by atoms with Crippen molar-refractivity contribution in [2.24, 2.45) is 0 Å². The summed E-state index contributed by atoms with van der Waals surface area (Å²) in [6, 6.07) is 8.40. The number of rotatable bonds is 3. The van der Waals surface area contributed by atoms with Crippen molar-refractivity contribution in [2.45, 2.75) is 32.0 Å². The maximum Gasteiger partial charge on any atom is 0.416 e. The number of alkyl halides is 3. The average molecular weight is 364 g/mol. The Bertz CT molecular complexity index is 880. The molecule has 8 heteroatoms. The van der Waals surface area contributed by atoms with Crippen LogP contribution in [0.15, 0.2) is 42.5 Å². The van der Waals surface area contributed by atoms with Crippen molar-refractivity contribution in [1.82, 2.24) is 0 Å². The molecule has 0 saturated carbocycles. The van der Waals surface area contributed by atoms with Crippen LogP contribution in [-0.2, 0) is 17.4 Å². The molecule has 2 aromatic rings. The van der Waals surface area contributed by atoms with Crippen LogP contribution >= 0.6 is 0 Å². The first-order valence-corrected chi connectivity index (χ1v) is 7.95. The Hall–Kier alpha value is -2.90. The summed E-state index contributed by atoms with van der Waals surface area (Å²) >= 11 is 0. The zero-order chi connectivity index (χ0) is 19.1. The first-order valence-electron chi connectivity index (χ1n) is 7.95. The van der Waals surface area contributed by atoms with Crippen LogP contribution < -0.4 is 4.90 Å². The molecule has 1 atom stereocenters. The molecule has 0 unspecified atom stereocenters. The molecule has 1 heterocycles. The number of halogens is 3. The number of anilines is 1. The number of carbonyl (C=O) groups excluding carboxylic acids is 1. The van der Waals surface area contributed by atoms with Gasteiger partial charge in [0.1, 0.15) is 0 Å². The first kappa shape index (κ1) is 17.9. The summed E-state index contributed by atoms with van der Waals surface area (Å²) in [7, 11) is 0. The van der Waals surface area contributed by atoms with Crippen molar-refractivity contribution in [3.63, 3.8) is 0 Å². The molecule has 0 saturated heterocycles. The van der Waals surface area contributed by atoms with Gasteiger partial charge in [0.25, 0.3) is 5.69 Å². The molecule has 0 radical (unpaired) electrons. The lowest BCUT2D eigenvalue weighted by atomic mass is 9.96. The van der Waals surface area contributed by atoms with Gasteiger partial charge in [-0.3, -0.25) is 14.9 Å². The van der Waals surface area contributed by atoms with Crippen molar-refractivity contribution in [3.05, 3.63) is 69.3 Å². The lowest BCUT2D eigenvalue weighted by Gasteiger charge is -2.34. The number of hydrogen-bond acceptors (Lipinski definition) is 3. The summed E-state index contributed by atoms with van der Waals surface area (Å²) in [6.07, 6.45) is -3.96. The van der Waals surface area contributed by atoms with E-state index in [2.05, 4.69) is 0 Å². The molecule has 1 aliphatic rings. The summed E-state index contributed by atoms with van der Waals surface area (Å²) in [6.45, 7) is 1.64. The molecule has 2 aromatic carbocycles. The number of nitro benzene ring substituents is 1. The van der Waals surface area contributed by atoms with Crippen molar-refractivity contribution in [2.75, 3.05) is 4.90 Å². The van der Waals surface area contributed by atoms with Crippen molar-refractivity contribution < 1.29 is 22.9 Å². The molecule has 0 N–H and O–H groups in total. The maximum absolute atomic E-state index is 13.0. The van der Waals surface area contributed by atoms with E-state index in [1.165, 1.54) is 35.2 Å². The largest absolute Gasteiger partial charge is 0.416 e. The zero-order valence-corrected chi connectivity index (χ0v) is 13.8. The van der Waals surface area contributed by atoms with E-state index in [1.807, 2.05) is 0 Å². The van der Waals surface area contributed by atoms with Crippen LogP contribution in [0.3, 0.4) is 0 Å². The van der Waals surface area contributed by atoms with E-state index in [0.717, 1.165) is 12.1 Å². The van der Waals surface area contributed by atoms with E-state index in [-0.39, 0.29) is 18.0 Å². The number of carbonyl (C=O) groups is 1. The minimum atomic E-state index is -4.47. The summed E-state index contributed by atoms with van der Waals surface area (Å²) in [5.41, 5.74) is 0.619. The van der Waals surface area contributed by atoms with Gasteiger partial charge in [0.05, 0.1) is 16.5 Å². The average Bonchev–Trinajstić information content (AvgIpc) is 2.60. The van der Waals surface area contributed by atoms with Crippen LogP contribution in [0, 0.1) is 10.1 Å². The van der Waals surface area contributed by atoms with Crippen LogP contribution in [0.1, 0.15) is 36.1 Å². The summed E-state index contributed by atoms with van der Waals surface area (Å²) in [4.78, 5) is 24.3. The Morgan fingerprint density at radius 3 is 2.54 bits per heavy atom. The van der Waals surface area contributed by atoms with Gasteiger partial charge in [-0.1, -0.05) is 12.1 Å². The predicted octanol–water partition coefficient (Wildman–Crippen LogP) is 4.65. The minimum Gasteiger partial charge on any atom is -0.305 e. The molecular weight excluding hydrogens is 349 g/mol. The van der Waals surface area contributed by atoms with E-state index < -0.39 is 22.7 Å². The molecule has 3 rings (SSSR count). The molecular formula is C18H15F3N2O3. The molecule has 1 amide bonds. The second kappa shape index (κ2) is 6.44. The number of amides is 1. The lowest BCUT2D eigenvalue weighted by Crippen LogP contribution is -2.37. The summed E-state index contributed by atoms with van der Waals surface area (Å²) in [5.74, 6) is -0.226. The number of nitrogens with zero attached hydrogens (tertiary/aromatic N) is 2. The Kier molecular flexibility index (Phi) is 4.43. The Balaban J connectivity index is 2.01. The fourth-order valence-electron chi connectivity index (χ4n) is 3.17. The first-order chi connectivity index (χ1) is 12.2. The molecule has 0 spiro atoms. The standard InChI is InChI=1S/C18H15F3N2O3/c1-11(12-3-2-4-14(9-12)18(19,20)21)22-16-7-6-15(23(25)26)10-13(16)5-8-17(22)24/h2-4,6-7,9-11H,5,8H2,1H3/t11-/m0/s1. The molecule has 26 heavy (non-hydrogen) atoms. The van der Waals surface area contributed by atoms with Crippen molar-refractivity contribution in [3.8, 4) is 0 Å². The van der Waals surface area contributed by atoms with Gasteiger partial charge >= 0.3 is 6.18 Å². The predicted molar refractivity (Wildman–Crippen MR) is 88.8 cm³/mol. The molecule has 0 aliphatic carbocycles. The van der Waals surface area contributed by atoms with E-state index in [9.17, 15) is 28.1 Å². The molecule has 0 fully saturated rings. The minimum absolute atomic E-state index is 0.0789. The van der Waals surface area contributed by atoms with Gasteiger partial charge in [-0.25, -0.2) is 0 Å². The smallest absolute Gasteiger partial charge is 0.305 e. The second-order valence-corrected chi connectivity index (χ2v) is 6.13. The number of nitro groups is 1. The van der Waals surface area contributed by atoms with Crippen molar-refractivity contribution in [1.29, 1.82) is 0 Å². The highest BCUT2D eigenvalue weighted by molar-refractivity contribution is 5.97. The lowest BCUT2D eigenvalue weighted by molar-refractivity contribution is -0.384. The van der Waals surface area contributed by atoms with Gasteiger partial charge < -0.3 is 4.90 Å². The maximum atomic E-state index is 13.0. The number of benzene rings is 2. The Labute approximate surface area is 147 Å². The normalized spacial score (nSPS) is 15.5. The molecule has 136 valence electrons. The molecule has 5 nitrogen and oxygen atoms in total. The number of non-ortho nitro benzene ring substituents is 1. The fourth-order valence-corrected chi connectivity index (χ4v) is 3.17. The molecule has 0 bridgehead atoms. The number of hydrogen-bond donors (Lipinski definition) is 0. The monoisotopic (exact) mass is 364 g/mol. The van der Waals surface area contributed by atoms with E-state index in [0.29, 0.717) is 23.2 Å². The van der Waals surface area contributed by atoms with Gasteiger partial charge in [0, 0.05) is 24.2 Å². The van der Waals surface area contributed by atoms with Crippen molar-refractivity contribution >= 4 is 17.3 Å². The molecule has 0 aromatic heterocycles. The third-order valence-electron chi connectivity index (χ3n) is 4.49. The highest BCUT2D eigenvalue weighted by Crippen LogP contribution is 2.38. The summed E-state index contributed by atoms with van der Waals surface area (Å²) in [5, 5.41) is 10.9. The highest BCUT2D eigenvalue weighted by Gasteiger charge is 2.33. The quantitative estimate of drug-likeness (QED) is 0.588. The van der Waals surface area contributed by atoms with Gasteiger partial charge in [-0.05, 0) is 42.7 Å². The topological polar surface area (TPSA) is 63.5 Å². The highest BCUT2D eigenvalue weighted by atomic mass is 19.4. The SMILES string of the molecule is C[C@@H](c1cccc(C(F)(F)F)c1)N1C(=O)CCc2cc([N+](=O)[O-])ccc21. The van der Waals surface area contributed by atoms with Crippen LogP contribution in [-0.4, -0.2) is 10.8 Å². The van der Waals surface area contributed by atoms with E-state index in [4.69, 9.17) is 0 Å². The van der Waals surface area contributed by atoms with Crippen LogP contribution in [0.4, 0.5) is 24.5 Å². The number of aryl methyl sites for hydroxylation is 1. The molecule has 1 aliphatic heterocycles. The van der Waals surface area contributed by atoms with Crippen LogP contribution in [0.2, 0.25) is 0 Å².